The number of halogens is 3. The maximum atomic E-state index is 12.2. The molecule has 0 aliphatic carbocycles. The van der Waals surface area contributed by atoms with Gasteiger partial charge in [-0.1, -0.05) is 30.8 Å². The first-order valence-electron chi connectivity index (χ1n) is 8.62. The topological polar surface area (TPSA) is 104 Å². The molecular formula is C20H20F3N5O3S. The summed E-state index contributed by atoms with van der Waals surface area (Å²) in [5.41, 5.74) is 7.40. The Hall–Kier alpha value is -3.67. The Labute approximate surface area is 186 Å². The first-order valence-corrected chi connectivity index (χ1v) is 9.84. The van der Waals surface area contributed by atoms with Crippen LogP contribution in [0.15, 0.2) is 71.0 Å². The Morgan fingerprint density at radius 2 is 1.81 bits per heavy atom. The Morgan fingerprint density at radius 3 is 2.41 bits per heavy atom. The second-order valence-corrected chi connectivity index (χ2v) is 6.68. The predicted octanol–water partition coefficient (Wildman–Crippen LogP) is 5.00. The summed E-state index contributed by atoms with van der Waals surface area (Å²) in [7, 11) is 0. The van der Waals surface area contributed by atoms with Gasteiger partial charge < -0.3 is 10.5 Å². The molecule has 1 aromatic heterocycles. The van der Waals surface area contributed by atoms with E-state index in [1.807, 2.05) is 36.6 Å². The van der Waals surface area contributed by atoms with Crippen LogP contribution in [0, 0.1) is 0 Å². The first-order chi connectivity index (χ1) is 14.7. The van der Waals surface area contributed by atoms with Crippen LogP contribution in [0.2, 0.25) is 0 Å². The number of thioether (sulfide) groups is 1. The number of ether oxygens (including phenoxy) is 1. The summed E-state index contributed by atoms with van der Waals surface area (Å²) in [5.74, 6) is -0.496. The Bertz CT molecular complexity index is 1070. The summed E-state index contributed by atoms with van der Waals surface area (Å²) in [4.78, 5) is 16.7. The zero-order valence-electron chi connectivity index (χ0n) is 16.0. The van der Waals surface area contributed by atoms with Gasteiger partial charge >= 0.3 is 12.5 Å². The molecule has 0 aliphatic heterocycles. The van der Waals surface area contributed by atoms with E-state index in [-0.39, 0.29) is 18.9 Å². The van der Waals surface area contributed by atoms with Crippen molar-refractivity contribution in [3.8, 4) is 11.4 Å². The quantitative estimate of drug-likeness (QED) is 0.174. The number of anilines is 1. The van der Waals surface area contributed by atoms with E-state index in [9.17, 15) is 18.0 Å². The minimum atomic E-state index is -4.80. The van der Waals surface area contributed by atoms with E-state index in [0.717, 1.165) is 17.8 Å². The van der Waals surface area contributed by atoms with Gasteiger partial charge in [0, 0.05) is 11.9 Å². The van der Waals surface area contributed by atoms with Crippen molar-refractivity contribution in [2.75, 3.05) is 11.6 Å². The molecule has 3 N–H and O–H groups in total. The van der Waals surface area contributed by atoms with Gasteiger partial charge in [-0.05, 0) is 42.7 Å². The van der Waals surface area contributed by atoms with Crippen molar-refractivity contribution in [2.45, 2.75) is 18.8 Å². The monoisotopic (exact) mass is 467 g/mol. The van der Waals surface area contributed by atoms with E-state index < -0.39 is 18.2 Å². The Kier molecular flexibility index (Phi) is 8.13. The number of hydrogen-bond donors (Lipinski definition) is 2. The fourth-order valence-electron chi connectivity index (χ4n) is 2.42. The van der Waals surface area contributed by atoms with Gasteiger partial charge in [0.2, 0.25) is 0 Å². The molecule has 170 valence electrons. The number of hydrogen-bond acceptors (Lipinski definition) is 6. The van der Waals surface area contributed by atoms with Crippen LogP contribution >= 0.6 is 11.8 Å². The second-order valence-electron chi connectivity index (χ2n) is 5.88. The smallest absolute Gasteiger partial charge is 0.406 e. The molecule has 12 heteroatoms. The molecule has 3 rings (SSSR count). The highest BCUT2D eigenvalue weighted by Gasteiger charge is 2.31. The maximum absolute atomic E-state index is 12.2. The van der Waals surface area contributed by atoms with E-state index in [2.05, 4.69) is 20.3 Å². The third-order valence-corrected chi connectivity index (χ3v) is 4.42. The molecule has 0 radical (unpaired) electrons. The van der Waals surface area contributed by atoms with Gasteiger partial charge in [-0.3, -0.25) is 10.2 Å². The van der Waals surface area contributed by atoms with Crippen molar-refractivity contribution in [2.24, 2.45) is 10.9 Å². The third kappa shape index (κ3) is 6.67. The Morgan fingerprint density at radius 1 is 1.16 bits per heavy atom. The summed E-state index contributed by atoms with van der Waals surface area (Å²) in [6, 6.07) is 13.8. The van der Waals surface area contributed by atoms with Crippen LogP contribution < -0.4 is 15.8 Å². The van der Waals surface area contributed by atoms with Crippen LogP contribution in [-0.4, -0.2) is 34.3 Å². The van der Waals surface area contributed by atoms with Gasteiger partial charge in [-0.15, -0.1) is 24.9 Å². The number of para-hydroxylation sites is 1. The number of oxime groups is 1. The molecule has 0 saturated carbocycles. The number of alkyl halides is 3. The molecule has 32 heavy (non-hydrogen) atoms. The van der Waals surface area contributed by atoms with E-state index in [1.54, 1.807) is 10.9 Å². The zero-order chi connectivity index (χ0) is 22.4. The van der Waals surface area contributed by atoms with Crippen LogP contribution in [-0.2, 0) is 4.84 Å². The largest absolute Gasteiger partial charge is 0.573 e. The fourth-order valence-corrected chi connectivity index (χ4v) is 2.96. The van der Waals surface area contributed by atoms with E-state index in [1.165, 1.54) is 23.9 Å². The summed E-state index contributed by atoms with van der Waals surface area (Å²) < 4.78 is 41.9. The second kappa shape index (κ2) is 10.6. The van der Waals surface area contributed by atoms with Crippen LogP contribution in [0.3, 0.4) is 0 Å². The average molecular weight is 467 g/mol. The highest BCUT2D eigenvalue weighted by atomic mass is 32.2. The number of nitrogens with zero attached hydrogens (tertiary/aromatic N) is 3. The highest BCUT2D eigenvalue weighted by Crippen LogP contribution is 2.24. The van der Waals surface area contributed by atoms with Crippen molar-refractivity contribution >= 4 is 29.4 Å². The van der Waals surface area contributed by atoms with Crippen LogP contribution in [0.1, 0.15) is 13.0 Å². The highest BCUT2D eigenvalue weighted by molar-refractivity contribution is 7.98. The summed E-state index contributed by atoms with van der Waals surface area (Å²) >= 11 is 1.34. The molecule has 0 saturated heterocycles. The molecule has 0 fully saturated rings. The standard InChI is InChI=1S/C19H16F3N5O3S.CH4/c1-31-17-15(11-27(25-17)13-5-3-2-4-6-13)16(23)26-30-18(28)24-12-7-9-14(10-8-12)29-19(20,21)22;/h2-11H,1H3,(H2,23,26)(H,24,28);1H4. The molecule has 8 nitrogen and oxygen atoms in total. The molecule has 0 aliphatic rings. The van der Waals surface area contributed by atoms with Crippen LogP contribution in [0.5, 0.6) is 5.75 Å². The lowest BCUT2D eigenvalue weighted by Crippen LogP contribution is -2.18. The third-order valence-electron chi connectivity index (χ3n) is 3.73. The summed E-state index contributed by atoms with van der Waals surface area (Å²) in [5, 5.41) is 10.9. The Balaban J connectivity index is 0.00000363. The van der Waals surface area contributed by atoms with Crippen molar-refractivity contribution in [3.63, 3.8) is 0 Å². The lowest BCUT2D eigenvalue weighted by Gasteiger charge is -2.09. The van der Waals surface area contributed by atoms with Gasteiger partial charge in [-0.25, -0.2) is 9.48 Å². The number of rotatable bonds is 6. The minimum absolute atomic E-state index is 0. The molecule has 0 spiro atoms. The van der Waals surface area contributed by atoms with Crippen molar-refractivity contribution < 1.29 is 27.5 Å². The van der Waals surface area contributed by atoms with Crippen LogP contribution in [0.4, 0.5) is 23.7 Å². The van der Waals surface area contributed by atoms with Gasteiger partial charge in [-0.2, -0.15) is 5.10 Å². The number of nitrogens with two attached hydrogens (primary N) is 1. The summed E-state index contributed by atoms with van der Waals surface area (Å²) in [6.45, 7) is 0. The van der Waals surface area contributed by atoms with E-state index >= 15 is 0 Å². The molecular weight excluding hydrogens is 447 g/mol. The molecule has 0 unspecified atom stereocenters. The van der Waals surface area contributed by atoms with E-state index in [0.29, 0.717) is 10.6 Å². The number of amides is 1. The number of carbonyl (C=O) groups is 1. The van der Waals surface area contributed by atoms with Crippen molar-refractivity contribution in [3.05, 3.63) is 66.4 Å². The fraction of sp³-hybridized carbons (Fsp3) is 0.150. The zero-order valence-corrected chi connectivity index (χ0v) is 16.8. The minimum Gasteiger partial charge on any atom is -0.406 e. The number of nitrogens with one attached hydrogen (secondary N) is 1. The number of benzene rings is 2. The van der Waals surface area contributed by atoms with Crippen molar-refractivity contribution in [1.29, 1.82) is 0 Å². The number of amidine groups is 1. The molecule has 1 amide bonds. The van der Waals surface area contributed by atoms with Gasteiger partial charge in [0.15, 0.2) is 5.84 Å². The van der Waals surface area contributed by atoms with Gasteiger partial charge in [0.1, 0.15) is 10.8 Å². The number of carbonyl (C=O) groups excluding carboxylic acids is 1. The van der Waals surface area contributed by atoms with E-state index in [4.69, 9.17) is 10.6 Å². The van der Waals surface area contributed by atoms with Crippen LogP contribution in [0.25, 0.3) is 5.69 Å². The normalized spacial score (nSPS) is 11.4. The molecule has 1 heterocycles. The lowest BCUT2D eigenvalue weighted by atomic mass is 10.3. The lowest BCUT2D eigenvalue weighted by molar-refractivity contribution is -0.274. The summed E-state index contributed by atoms with van der Waals surface area (Å²) in [6.07, 6.45) is -2.31. The molecule has 0 atom stereocenters. The van der Waals surface area contributed by atoms with Gasteiger partial charge in [0.05, 0.1) is 11.3 Å². The predicted molar refractivity (Wildman–Crippen MR) is 116 cm³/mol. The first kappa shape index (κ1) is 24.6. The molecule has 0 bridgehead atoms. The average Bonchev–Trinajstić information content (AvgIpc) is 3.18. The molecule has 3 aromatic rings. The van der Waals surface area contributed by atoms with Crippen molar-refractivity contribution in [1.82, 2.24) is 9.78 Å². The maximum Gasteiger partial charge on any atom is 0.573 e. The van der Waals surface area contributed by atoms with Gasteiger partial charge in [0.25, 0.3) is 0 Å². The molecule has 2 aromatic carbocycles. The number of aromatic nitrogens is 2. The SMILES string of the molecule is C.CSc1nn(-c2ccccc2)cc1/C(N)=N/OC(=O)Nc1ccc(OC(F)(F)F)cc1.